The summed E-state index contributed by atoms with van der Waals surface area (Å²) >= 11 is 0. The quantitative estimate of drug-likeness (QED) is 0.612. The molecule has 0 aliphatic heterocycles. The van der Waals surface area contributed by atoms with Crippen molar-refractivity contribution in [1.29, 1.82) is 0 Å². The predicted octanol–water partition coefficient (Wildman–Crippen LogP) is 2.86. The van der Waals surface area contributed by atoms with E-state index in [9.17, 15) is 9.13 Å². The van der Waals surface area contributed by atoms with Crippen molar-refractivity contribution in [3.05, 3.63) is 0 Å². The Kier molecular flexibility index (Phi) is 7.61. The minimum Gasteiger partial charge on any atom is -0.355 e. The van der Waals surface area contributed by atoms with Crippen LogP contribution in [0, 0.1) is 0 Å². The Morgan fingerprint density at radius 1 is 1.14 bits per heavy atom. The first kappa shape index (κ1) is 14.2. The zero-order valence-corrected chi connectivity index (χ0v) is 10.4. The van der Waals surface area contributed by atoms with Gasteiger partial charge in [0.25, 0.3) is 0 Å². The number of ether oxygens (including phenoxy) is 1. The van der Waals surface area contributed by atoms with Gasteiger partial charge in [-0.15, -0.1) is 0 Å². The van der Waals surface area contributed by atoms with Crippen molar-refractivity contribution in [3.8, 4) is 0 Å². The van der Waals surface area contributed by atoms with Crippen LogP contribution in [0.4, 0.5) is 0 Å². The summed E-state index contributed by atoms with van der Waals surface area (Å²) < 4.78 is 37.7. The van der Waals surface area contributed by atoms with Crippen LogP contribution in [0.5, 0.6) is 0 Å². The molecule has 0 aliphatic rings. The van der Waals surface area contributed by atoms with Gasteiger partial charge in [0.05, 0.1) is 13.2 Å². The summed E-state index contributed by atoms with van der Waals surface area (Å²) in [6, 6.07) is 0. The number of hydrogen-bond donors (Lipinski definition) is 0. The van der Waals surface area contributed by atoms with E-state index in [1.54, 1.807) is 20.8 Å². The van der Waals surface area contributed by atoms with E-state index in [-0.39, 0.29) is 21.7 Å². The first-order chi connectivity index (χ1) is 6.64. The Morgan fingerprint density at radius 2 is 1.64 bits per heavy atom. The highest BCUT2D eigenvalue weighted by Gasteiger charge is 2.37. The third-order valence-corrected chi connectivity index (χ3v) is 4.68. The maximum absolute atomic E-state index is 12.0. The molecule has 0 N–H and O–H groups in total. The molecule has 84 valence electrons. The van der Waals surface area contributed by atoms with Gasteiger partial charge in [0.15, 0.2) is 0 Å². The first-order valence-corrected chi connectivity index (χ1v) is 6.96. The molecule has 1 atom stereocenters. The summed E-state index contributed by atoms with van der Waals surface area (Å²) in [5.41, 5.74) is -1.02. The van der Waals surface area contributed by atoms with Gasteiger partial charge >= 0.3 is 7.60 Å². The zero-order valence-electron chi connectivity index (χ0n) is 8.63. The van der Waals surface area contributed by atoms with Crippen LogP contribution in [0.1, 0.15) is 20.8 Å². The van der Waals surface area contributed by atoms with Gasteiger partial charge in [-0.1, -0.05) is 0 Å². The molecule has 0 saturated carbocycles. The Balaban J connectivity index is 4.57. The SMILES string of the molecule is CCOC(P=O)P(=O)(OCC)OCC. The molecule has 0 amide bonds. The van der Waals surface area contributed by atoms with E-state index in [4.69, 9.17) is 13.8 Å². The van der Waals surface area contributed by atoms with Gasteiger partial charge in [-0.2, -0.15) is 0 Å². The third kappa shape index (κ3) is 4.16. The van der Waals surface area contributed by atoms with Gasteiger partial charge in [-0.3, -0.25) is 9.13 Å². The van der Waals surface area contributed by atoms with Crippen LogP contribution in [-0.4, -0.2) is 25.4 Å². The molecule has 0 aromatic heterocycles. The lowest BCUT2D eigenvalue weighted by Crippen LogP contribution is -2.11. The summed E-state index contributed by atoms with van der Waals surface area (Å²) in [6.07, 6.45) is 0. The van der Waals surface area contributed by atoms with E-state index in [1.807, 2.05) is 0 Å². The molecule has 0 aromatic rings. The van der Waals surface area contributed by atoms with E-state index >= 15 is 0 Å². The standard InChI is InChI=1S/C7H16O5P2/c1-4-10-7(13-8)14(9,11-5-2)12-6-3/h7H,4-6H2,1-3H3. The molecule has 0 fully saturated rings. The van der Waals surface area contributed by atoms with Gasteiger partial charge < -0.3 is 13.8 Å². The van der Waals surface area contributed by atoms with E-state index in [2.05, 4.69) is 0 Å². The Hall–Kier alpha value is 0.210. The molecule has 0 saturated heterocycles. The molecule has 0 radical (unpaired) electrons. The van der Waals surface area contributed by atoms with Crippen LogP contribution in [0.3, 0.4) is 0 Å². The summed E-state index contributed by atoms with van der Waals surface area (Å²) in [6.45, 7) is 5.88. The zero-order chi connectivity index (χ0) is 11.0. The van der Waals surface area contributed by atoms with Gasteiger partial charge in [-0.25, -0.2) is 0 Å². The summed E-state index contributed by atoms with van der Waals surface area (Å²) in [4.78, 5) is 0. The Morgan fingerprint density at radius 3 is 1.93 bits per heavy atom. The molecule has 7 heteroatoms. The molecule has 0 aromatic carbocycles. The fourth-order valence-corrected chi connectivity index (χ4v) is 3.31. The predicted molar refractivity (Wildman–Crippen MR) is 53.9 cm³/mol. The van der Waals surface area contributed by atoms with E-state index in [0.29, 0.717) is 6.61 Å². The topological polar surface area (TPSA) is 61.8 Å². The normalized spacial score (nSPS) is 14.5. The molecule has 0 heterocycles. The fourth-order valence-electron chi connectivity index (χ4n) is 0.853. The van der Waals surface area contributed by atoms with Crippen LogP contribution in [0.15, 0.2) is 0 Å². The summed E-state index contributed by atoms with van der Waals surface area (Å²) in [7, 11) is -3.77. The van der Waals surface area contributed by atoms with Crippen LogP contribution < -0.4 is 0 Å². The highest BCUT2D eigenvalue weighted by molar-refractivity contribution is 7.63. The monoisotopic (exact) mass is 242 g/mol. The van der Waals surface area contributed by atoms with E-state index in [0.717, 1.165) is 0 Å². The Bertz CT molecular complexity index is 198. The van der Waals surface area contributed by atoms with Gasteiger partial charge in [-0.05, 0) is 20.8 Å². The van der Waals surface area contributed by atoms with Crippen molar-refractivity contribution in [2.75, 3.05) is 19.8 Å². The fraction of sp³-hybridized carbons (Fsp3) is 1.00. The largest absolute Gasteiger partial charge is 0.371 e. The number of hydrogen-bond acceptors (Lipinski definition) is 5. The summed E-state index contributed by atoms with van der Waals surface area (Å²) in [5, 5.41) is 0. The lowest BCUT2D eigenvalue weighted by Gasteiger charge is -2.20. The van der Waals surface area contributed by atoms with Gasteiger partial charge in [0, 0.05) is 6.61 Å². The van der Waals surface area contributed by atoms with Crippen molar-refractivity contribution in [2.45, 2.75) is 26.4 Å². The van der Waals surface area contributed by atoms with Crippen molar-refractivity contribution in [2.24, 2.45) is 0 Å². The molecular weight excluding hydrogens is 226 g/mol. The summed E-state index contributed by atoms with van der Waals surface area (Å²) in [5.74, 6) is 0. The second-order valence-corrected chi connectivity index (χ2v) is 5.41. The van der Waals surface area contributed by atoms with Crippen LogP contribution in [0.25, 0.3) is 0 Å². The maximum Gasteiger partial charge on any atom is 0.371 e. The minimum atomic E-state index is -3.39. The van der Waals surface area contributed by atoms with Crippen molar-refractivity contribution in [1.82, 2.24) is 0 Å². The van der Waals surface area contributed by atoms with E-state index < -0.39 is 13.2 Å². The molecule has 1 unspecified atom stereocenters. The minimum absolute atomic E-state index is 0.233. The van der Waals surface area contributed by atoms with Gasteiger partial charge in [0.2, 0.25) is 14.0 Å². The molecule has 0 spiro atoms. The lowest BCUT2D eigenvalue weighted by molar-refractivity contribution is 0.121. The average Bonchev–Trinajstić information content (AvgIpc) is 2.14. The van der Waals surface area contributed by atoms with Gasteiger partial charge in [0.1, 0.15) is 0 Å². The number of rotatable bonds is 8. The highest BCUT2D eigenvalue weighted by atomic mass is 31.2. The van der Waals surface area contributed by atoms with Crippen LogP contribution in [0.2, 0.25) is 0 Å². The second kappa shape index (κ2) is 7.49. The lowest BCUT2D eigenvalue weighted by atomic mass is 10.9. The average molecular weight is 242 g/mol. The van der Waals surface area contributed by atoms with Crippen LogP contribution >= 0.6 is 16.1 Å². The first-order valence-electron chi connectivity index (χ1n) is 4.47. The van der Waals surface area contributed by atoms with Crippen LogP contribution in [-0.2, 0) is 22.9 Å². The second-order valence-electron chi connectivity index (χ2n) is 2.26. The third-order valence-electron chi connectivity index (χ3n) is 1.29. The molecular formula is C7H16O5P2. The highest BCUT2D eigenvalue weighted by Crippen LogP contribution is 2.57. The smallest absolute Gasteiger partial charge is 0.355 e. The van der Waals surface area contributed by atoms with Crippen molar-refractivity contribution >= 4 is 16.1 Å². The molecule has 0 bridgehead atoms. The van der Waals surface area contributed by atoms with E-state index in [1.165, 1.54) is 0 Å². The Labute approximate surface area is 85.9 Å². The molecule has 0 rings (SSSR count). The molecule has 5 nitrogen and oxygen atoms in total. The molecule has 14 heavy (non-hydrogen) atoms. The van der Waals surface area contributed by atoms with Crippen molar-refractivity contribution < 1.29 is 22.9 Å². The van der Waals surface area contributed by atoms with Crippen molar-refractivity contribution in [3.63, 3.8) is 0 Å². The molecule has 0 aliphatic carbocycles. The maximum atomic E-state index is 12.0.